The van der Waals surface area contributed by atoms with Gasteiger partial charge < -0.3 is 15.6 Å². The molecule has 0 aromatic rings. The molecule has 0 spiro atoms. The van der Waals surface area contributed by atoms with Crippen LogP contribution in [0.2, 0.25) is 0 Å². The lowest BCUT2D eigenvalue weighted by molar-refractivity contribution is -0.167. The number of aliphatic carboxylic acids is 1. The van der Waals surface area contributed by atoms with Crippen LogP contribution < -0.4 is 5.73 Å². The van der Waals surface area contributed by atoms with E-state index >= 15 is 0 Å². The van der Waals surface area contributed by atoms with Gasteiger partial charge in [0.2, 0.25) is 0 Å². The lowest BCUT2D eigenvalue weighted by Gasteiger charge is -2.22. The number of esters is 1. The molecule has 0 aliphatic carbocycles. The van der Waals surface area contributed by atoms with Crippen LogP contribution in [0.25, 0.3) is 0 Å². The van der Waals surface area contributed by atoms with E-state index in [0.717, 1.165) is 12.8 Å². The van der Waals surface area contributed by atoms with Crippen molar-refractivity contribution in [1.82, 2.24) is 0 Å². The minimum absolute atomic E-state index is 0.310. The minimum atomic E-state index is -1.12. The highest BCUT2D eigenvalue weighted by Crippen LogP contribution is 2.16. The predicted octanol–water partition coefficient (Wildman–Crippen LogP) is 1.55. The Kier molecular flexibility index (Phi) is 6.80. The smallest absolute Gasteiger partial charge is 0.320 e. The van der Waals surface area contributed by atoms with Gasteiger partial charge in [-0.25, -0.2) is 0 Å². The van der Waals surface area contributed by atoms with Crippen LogP contribution in [0.5, 0.6) is 0 Å². The Hall–Kier alpha value is -1.10. The quantitative estimate of drug-likeness (QED) is 0.403. The van der Waals surface area contributed by atoms with Crippen molar-refractivity contribution in [2.75, 3.05) is 6.54 Å². The summed E-state index contributed by atoms with van der Waals surface area (Å²) in [6.07, 6.45) is 2.67. The Bertz CT molecular complexity index is 258. The highest BCUT2D eigenvalue weighted by molar-refractivity contribution is 5.94. The SMILES string of the molecule is CC(C)(C)OC(=O)[C@@H](CCCCCN)C(=O)O. The Morgan fingerprint density at radius 2 is 1.82 bits per heavy atom. The van der Waals surface area contributed by atoms with E-state index in [0.29, 0.717) is 19.4 Å². The van der Waals surface area contributed by atoms with Crippen molar-refractivity contribution in [1.29, 1.82) is 0 Å². The van der Waals surface area contributed by atoms with Gasteiger partial charge in [0.25, 0.3) is 0 Å². The standard InChI is InChI=1S/C12H23NO4/c1-12(2,3)17-11(16)9(10(14)15)7-5-4-6-8-13/h9H,4-8,13H2,1-3H3,(H,14,15)/t9-/m0/s1. The Labute approximate surface area is 102 Å². The van der Waals surface area contributed by atoms with Crippen LogP contribution in [0.4, 0.5) is 0 Å². The molecule has 0 aromatic heterocycles. The number of nitrogens with two attached hydrogens (primary N) is 1. The molecule has 0 aliphatic rings. The average Bonchev–Trinajstić information content (AvgIpc) is 2.14. The zero-order chi connectivity index (χ0) is 13.5. The molecule has 0 heterocycles. The van der Waals surface area contributed by atoms with Gasteiger partial charge in [0, 0.05) is 0 Å². The maximum Gasteiger partial charge on any atom is 0.320 e. The van der Waals surface area contributed by atoms with Crippen molar-refractivity contribution in [2.24, 2.45) is 11.7 Å². The van der Waals surface area contributed by atoms with Crippen molar-refractivity contribution >= 4 is 11.9 Å². The summed E-state index contributed by atoms with van der Waals surface area (Å²) in [4.78, 5) is 22.6. The van der Waals surface area contributed by atoms with Gasteiger partial charge in [0.15, 0.2) is 5.92 Å². The zero-order valence-electron chi connectivity index (χ0n) is 10.9. The summed E-state index contributed by atoms with van der Waals surface area (Å²) < 4.78 is 5.07. The molecule has 3 N–H and O–H groups in total. The van der Waals surface area contributed by atoms with Gasteiger partial charge >= 0.3 is 11.9 Å². The summed E-state index contributed by atoms with van der Waals surface area (Å²) in [6, 6.07) is 0. The third kappa shape index (κ3) is 7.74. The Morgan fingerprint density at radius 1 is 1.24 bits per heavy atom. The fraction of sp³-hybridized carbons (Fsp3) is 0.833. The van der Waals surface area contributed by atoms with Crippen molar-refractivity contribution in [3.63, 3.8) is 0 Å². The van der Waals surface area contributed by atoms with E-state index in [-0.39, 0.29) is 0 Å². The van der Waals surface area contributed by atoms with Crippen LogP contribution in [-0.4, -0.2) is 29.2 Å². The fourth-order valence-electron chi connectivity index (χ4n) is 1.38. The highest BCUT2D eigenvalue weighted by atomic mass is 16.6. The third-order valence-electron chi connectivity index (χ3n) is 2.19. The van der Waals surface area contributed by atoms with E-state index in [1.54, 1.807) is 20.8 Å². The predicted molar refractivity (Wildman–Crippen MR) is 64.5 cm³/mol. The number of hydrogen-bond donors (Lipinski definition) is 2. The van der Waals surface area contributed by atoms with Crippen molar-refractivity contribution < 1.29 is 19.4 Å². The molecule has 0 aromatic carbocycles. The maximum absolute atomic E-state index is 11.6. The second-order valence-electron chi connectivity index (χ2n) is 5.06. The molecule has 0 amide bonds. The highest BCUT2D eigenvalue weighted by Gasteiger charge is 2.30. The number of carbonyl (C=O) groups is 2. The van der Waals surface area contributed by atoms with E-state index in [9.17, 15) is 9.59 Å². The lowest BCUT2D eigenvalue weighted by Crippen LogP contribution is -2.32. The van der Waals surface area contributed by atoms with Crippen LogP contribution >= 0.6 is 0 Å². The Balaban J connectivity index is 4.23. The molecule has 0 saturated heterocycles. The summed E-state index contributed by atoms with van der Waals surface area (Å²) in [5.74, 6) is -2.84. The molecular weight excluding hydrogens is 222 g/mol. The molecule has 0 saturated carbocycles. The molecule has 17 heavy (non-hydrogen) atoms. The number of carboxylic acid groups (broad SMARTS) is 1. The van der Waals surface area contributed by atoms with Crippen LogP contribution in [0.15, 0.2) is 0 Å². The van der Waals surface area contributed by atoms with E-state index in [2.05, 4.69) is 0 Å². The van der Waals surface area contributed by atoms with E-state index in [1.807, 2.05) is 0 Å². The van der Waals surface area contributed by atoms with Crippen molar-refractivity contribution in [3.8, 4) is 0 Å². The molecule has 5 heteroatoms. The average molecular weight is 245 g/mol. The summed E-state index contributed by atoms with van der Waals surface area (Å²) in [5, 5.41) is 8.97. The van der Waals surface area contributed by atoms with Gasteiger partial charge in [-0.2, -0.15) is 0 Å². The van der Waals surface area contributed by atoms with E-state index in [4.69, 9.17) is 15.6 Å². The van der Waals surface area contributed by atoms with Gasteiger partial charge in [0.05, 0.1) is 0 Å². The molecule has 0 unspecified atom stereocenters. The van der Waals surface area contributed by atoms with Gasteiger partial charge in [0.1, 0.15) is 5.60 Å². The summed E-state index contributed by atoms with van der Waals surface area (Å²) in [7, 11) is 0. The first-order valence-electron chi connectivity index (χ1n) is 5.93. The van der Waals surface area contributed by atoms with Gasteiger partial charge in [-0.15, -0.1) is 0 Å². The van der Waals surface area contributed by atoms with Crippen LogP contribution in [0.1, 0.15) is 46.5 Å². The molecular formula is C12H23NO4. The molecule has 5 nitrogen and oxygen atoms in total. The number of ether oxygens (including phenoxy) is 1. The normalized spacial score (nSPS) is 13.2. The maximum atomic E-state index is 11.6. The minimum Gasteiger partial charge on any atom is -0.481 e. The molecule has 0 radical (unpaired) electrons. The number of carbonyl (C=O) groups excluding carboxylic acids is 1. The molecule has 0 rings (SSSR count). The molecule has 0 fully saturated rings. The summed E-state index contributed by atoms with van der Waals surface area (Å²) in [5.41, 5.74) is 4.69. The van der Waals surface area contributed by atoms with Crippen molar-refractivity contribution in [3.05, 3.63) is 0 Å². The van der Waals surface area contributed by atoms with Crippen LogP contribution in [0, 0.1) is 5.92 Å². The zero-order valence-corrected chi connectivity index (χ0v) is 10.9. The first kappa shape index (κ1) is 15.9. The lowest BCUT2D eigenvalue weighted by atomic mass is 10.0. The van der Waals surface area contributed by atoms with Crippen LogP contribution in [-0.2, 0) is 14.3 Å². The molecule has 0 aliphatic heterocycles. The molecule has 1 atom stereocenters. The summed E-state index contributed by atoms with van der Waals surface area (Å²) >= 11 is 0. The van der Waals surface area contributed by atoms with E-state index < -0.39 is 23.5 Å². The third-order valence-corrected chi connectivity index (χ3v) is 2.19. The first-order valence-corrected chi connectivity index (χ1v) is 5.93. The Morgan fingerprint density at radius 3 is 2.24 bits per heavy atom. The van der Waals surface area contributed by atoms with Crippen molar-refractivity contribution in [2.45, 2.75) is 52.1 Å². The summed E-state index contributed by atoms with van der Waals surface area (Å²) in [6.45, 7) is 5.75. The number of hydrogen-bond acceptors (Lipinski definition) is 4. The van der Waals surface area contributed by atoms with Gasteiger partial charge in [-0.3, -0.25) is 9.59 Å². The number of rotatable bonds is 7. The second kappa shape index (κ2) is 7.27. The first-order chi connectivity index (χ1) is 7.78. The van der Waals surface area contributed by atoms with Gasteiger partial charge in [-0.05, 0) is 40.2 Å². The van der Waals surface area contributed by atoms with Crippen LogP contribution in [0.3, 0.4) is 0 Å². The fourth-order valence-corrected chi connectivity index (χ4v) is 1.38. The largest absolute Gasteiger partial charge is 0.481 e. The number of carboxylic acids is 1. The molecule has 0 bridgehead atoms. The topological polar surface area (TPSA) is 89.6 Å². The second-order valence-corrected chi connectivity index (χ2v) is 5.06. The van der Waals surface area contributed by atoms with Gasteiger partial charge in [-0.1, -0.05) is 12.8 Å². The number of unbranched alkanes of at least 4 members (excludes halogenated alkanes) is 2. The monoisotopic (exact) mass is 245 g/mol. The molecule has 100 valence electrons. The van der Waals surface area contributed by atoms with E-state index in [1.165, 1.54) is 0 Å².